The maximum atomic E-state index is 6.00. The van der Waals surface area contributed by atoms with E-state index in [2.05, 4.69) is 57.7 Å². The molecule has 1 aromatic heterocycles. The fourth-order valence-corrected chi connectivity index (χ4v) is 3.05. The summed E-state index contributed by atoms with van der Waals surface area (Å²) in [5.74, 6) is 0.919. The minimum atomic E-state index is 0.690. The van der Waals surface area contributed by atoms with Gasteiger partial charge in [-0.25, -0.2) is 4.98 Å². The number of hydrogen-bond acceptors (Lipinski definition) is 2. The van der Waals surface area contributed by atoms with Gasteiger partial charge in [0.25, 0.3) is 0 Å². The van der Waals surface area contributed by atoms with E-state index < -0.39 is 0 Å². The monoisotopic (exact) mass is 321 g/mol. The van der Waals surface area contributed by atoms with Crippen LogP contribution in [0.4, 0.5) is 0 Å². The molecule has 3 nitrogen and oxygen atoms in total. The smallest absolute Gasteiger partial charge is 0.121 e. The number of nitrogens with one attached hydrogen (secondary N) is 2. The number of benzene rings is 3. The molecular weight excluding hydrogens is 306 g/mol. The molecule has 0 bridgehead atoms. The van der Waals surface area contributed by atoms with Crippen LogP contribution in [0.5, 0.6) is 0 Å². The number of imidazole rings is 1. The van der Waals surface area contributed by atoms with Gasteiger partial charge in [-0.15, -0.1) is 0 Å². The van der Waals surface area contributed by atoms with E-state index in [0.717, 1.165) is 28.4 Å². The molecule has 0 amide bonds. The number of rotatable bonds is 4. The van der Waals surface area contributed by atoms with E-state index >= 15 is 0 Å². The van der Waals surface area contributed by atoms with Crippen molar-refractivity contribution in [3.05, 3.63) is 77.1 Å². The number of H-pyrrole nitrogens is 1. The normalized spacial score (nSPS) is 11.3. The summed E-state index contributed by atoms with van der Waals surface area (Å²) in [5.41, 5.74) is 3.21. The summed E-state index contributed by atoms with van der Waals surface area (Å²) < 4.78 is 0. The zero-order valence-electron chi connectivity index (χ0n) is 12.5. The van der Waals surface area contributed by atoms with Crippen LogP contribution in [0.3, 0.4) is 0 Å². The molecule has 23 heavy (non-hydrogen) atoms. The van der Waals surface area contributed by atoms with Gasteiger partial charge in [-0.2, -0.15) is 0 Å². The highest BCUT2D eigenvalue weighted by atomic mass is 35.5. The van der Waals surface area contributed by atoms with Crippen molar-refractivity contribution in [1.29, 1.82) is 0 Å². The summed E-state index contributed by atoms with van der Waals surface area (Å²) in [6.45, 7) is 1.49. The van der Waals surface area contributed by atoms with Crippen LogP contribution < -0.4 is 5.32 Å². The first-order chi connectivity index (χ1) is 11.3. The summed E-state index contributed by atoms with van der Waals surface area (Å²) >= 11 is 6.00. The van der Waals surface area contributed by atoms with E-state index in [1.165, 1.54) is 16.3 Å². The number of nitrogens with zero attached hydrogens (tertiary/aromatic N) is 1. The van der Waals surface area contributed by atoms with Crippen molar-refractivity contribution in [2.24, 2.45) is 0 Å². The molecule has 4 aromatic rings. The van der Waals surface area contributed by atoms with Crippen LogP contribution in [-0.2, 0) is 13.1 Å². The van der Waals surface area contributed by atoms with Crippen LogP contribution >= 0.6 is 11.6 Å². The third-order valence-corrected chi connectivity index (χ3v) is 4.22. The third kappa shape index (κ3) is 2.93. The maximum Gasteiger partial charge on any atom is 0.121 e. The molecule has 0 aliphatic carbocycles. The van der Waals surface area contributed by atoms with Crippen LogP contribution in [0, 0.1) is 0 Å². The van der Waals surface area contributed by atoms with Crippen molar-refractivity contribution < 1.29 is 0 Å². The Morgan fingerprint density at radius 1 is 0.957 bits per heavy atom. The molecule has 0 radical (unpaired) electrons. The lowest BCUT2D eigenvalue weighted by Gasteiger charge is -2.07. The molecule has 0 aliphatic rings. The Balaban J connectivity index is 1.50. The lowest BCUT2D eigenvalue weighted by Crippen LogP contribution is -2.13. The highest BCUT2D eigenvalue weighted by molar-refractivity contribution is 6.31. The number of aromatic nitrogens is 2. The molecule has 0 unspecified atom stereocenters. The fourth-order valence-electron chi connectivity index (χ4n) is 2.88. The Kier molecular flexibility index (Phi) is 3.74. The van der Waals surface area contributed by atoms with E-state index in [0.29, 0.717) is 6.54 Å². The Hall–Kier alpha value is -2.36. The lowest BCUT2D eigenvalue weighted by molar-refractivity contribution is 0.673. The minimum absolute atomic E-state index is 0.690. The molecule has 114 valence electrons. The van der Waals surface area contributed by atoms with Crippen molar-refractivity contribution in [2.45, 2.75) is 13.1 Å². The van der Waals surface area contributed by atoms with Gasteiger partial charge >= 0.3 is 0 Å². The van der Waals surface area contributed by atoms with Gasteiger partial charge in [0.1, 0.15) is 5.82 Å². The summed E-state index contributed by atoms with van der Waals surface area (Å²) in [6, 6.07) is 20.5. The molecular formula is C19H16ClN3. The molecule has 1 heterocycles. The third-order valence-electron chi connectivity index (χ3n) is 3.98. The Morgan fingerprint density at radius 3 is 2.78 bits per heavy atom. The van der Waals surface area contributed by atoms with E-state index in [1.54, 1.807) is 0 Å². The summed E-state index contributed by atoms with van der Waals surface area (Å²) in [4.78, 5) is 7.87. The number of aromatic amines is 1. The van der Waals surface area contributed by atoms with Crippen LogP contribution in [-0.4, -0.2) is 9.97 Å². The second-order valence-corrected chi connectivity index (χ2v) is 6.02. The first kappa shape index (κ1) is 14.2. The molecule has 0 atom stereocenters. The van der Waals surface area contributed by atoms with E-state index in [4.69, 9.17) is 11.6 Å². The van der Waals surface area contributed by atoms with Gasteiger partial charge in [-0.1, -0.05) is 54.1 Å². The van der Waals surface area contributed by atoms with Crippen LogP contribution in [0.25, 0.3) is 21.8 Å². The highest BCUT2D eigenvalue weighted by Crippen LogP contribution is 2.19. The zero-order chi connectivity index (χ0) is 15.6. The summed E-state index contributed by atoms with van der Waals surface area (Å²) in [6.07, 6.45) is 0. The average Bonchev–Trinajstić information content (AvgIpc) is 2.97. The van der Waals surface area contributed by atoms with Gasteiger partial charge in [0.15, 0.2) is 0 Å². The molecule has 0 aliphatic heterocycles. The molecule has 0 saturated heterocycles. The summed E-state index contributed by atoms with van der Waals surface area (Å²) in [7, 11) is 0. The highest BCUT2D eigenvalue weighted by Gasteiger charge is 2.04. The first-order valence-corrected chi connectivity index (χ1v) is 7.99. The second kappa shape index (κ2) is 6.03. The lowest BCUT2D eigenvalue weighted by atomic mass is 10.0. The maximum absolute atomic E-state index is 6.00. The molecule has 0 spiro atoms. The van der Waals surface area contributed by atoms with Gasteiger partial charge < -0.3 is 10.3 Å². The first-order valence-electron chi connectivity index (χ1n) is 7.61. The van der Waals surface area contributed by atoms with Crippen molar-refractivity contribution in [3.63, 3.8) is 0 Å². The molecule has 2 N–H and O–H groups in total. The van der Waals surface area contributed by atoms with E-state index in [-0.39, 0.29) is 0 Å². The molecule has 0 saturated carbocycles. The van der Waals surface area contributed by atoms with Gasteiger partial charge in [-0.3, -0.25) is 0 Å². The number of fused-ring (bicyclic) bond motifs is 2. The summed E-state index contributed by atoms with van der Waals surface area (Å²) in [5, 5.41) is 6.74. The molecule has 4 rings (SSSR count). The SMILES string of the molecule is Clc1ccc2nc(CNCc3cccc4ccccc34)[nH]c2c1. The Bertz CT molecular complexity index is 969. The predicted molar refractivity (Wildman–Crippen MR) is 95.6 cm³/mol. The van der Waals surface area contributed by atoms with Gasteiger partial charge in [0.2, 0.25) is 0 Å². The molecule has 0 fully saturated rings. The van der Waals surface area contributed by atoms with Crippen molar-refractivity contribution in [1.82, 2.24) is 15.3 Å². The molecule has 3 aromatic carbocycles. The molecule has 4 heteroatoms. The standard InChI is InChI=1S/C19H16ClN3/c20-15-8-9-17-18(10-15)23-19(22-17)12-21-11-14-6-3-5-13-4-1-2-7-16(13)14/h1-10,21H,11-12H2,(H,22,23). The van der Waals surface area contributed by atoms with E-state index in [9.17, 15) is 0 Å². The topological polar surface area (TPSA) is 40.7 Å². The van der Waals surface area contributed by atoms with Gasteiger partial charge in [-0.05, 0) is 34.5 Å². The van der Waals surface area contributed by atoms with Crippen LogP contribution in [0.15, 0.2) is 60.7 Å². The average molecular weight is 322 g/mol. The van der Waals surface area contributed by atoms with Gasteiger partial charge in [0.05, 0.1) is 17.6 Å². The predicted octanol–water partition coefficient (Wildman–Crippen LogP) is 4.66. The van der Waals surface area contributed by atoms with Crippen LogP contribution in [0.2, 0.25) is 5.02 Å². The van der Waals surface area contributed by atoms with Crippen molar-refractivity contribution in [3.8, 4) is 0 Å². The Morgan fingerprint density at radius 2 is 1.83 bits per heavy atom. The fraction of sp³-hybridized carbons (Fsp3) is 0.105. The van der Waals surface area contributed by atoms with Gasteiger partial charge in [0, 0.05) is 11.6 Å². The van der Waals surface area contributed by atoms with E-state index in [1.807, 2.05) is 18.2 Å². The largest absolute Gasteiger partial charge is 0.341 e. The van der Waals surface area contributed by atoms with Crippen molar-refractivity contribution >= 4 is 33.4 Å². The van der Waals surface area contributed by atoms with Crippen LogP contribution in [0.1, 0.15) is 11.4 Å². The minimum Gasteiger partial charge on any atom is -0.341 e. The Labute approximate surface area is 139 Å². The number of hydrogen-bond donors (Lipinski definition) is 2. The quantitative estimate of drug-likeness (QED) is 0.574. The zero-order valence-corrected chi connectivity index (χ0v) is 13.3. The number of halogens is 1. The second-order valence-electron chi connectivity index (χ2n) is 5.59. The van der Waals surface area contributed by atoms with Crippen molar-refractivity contribution in [2.75, 3.05) is 0 Å².